The highest BCUT2D eigenvalue weighted by atomic mass is 16.1. The van der Waals surface area contributed by atoms with E-state index in [0.29, 0.717) is 0 Å². The Labute approximate surface area is 121 Å². The second kappa shape index (κ2) is 5.62. The SMILES string of the molecule is CC(Nc1ccc(-c2cc(=O)[nH][nH]2)cc1)c1cnccn1. The first kappa shape index (κ1) is 13.1. The third kappa shape index (κ3) is 3.00. The van der Waals surface area contributed by atoms with Gasteiger partial charge in [-0.05, 0) is 24.6 Å². The van der Waals surface area contributed by atoms with Crippen LogP contribution in [0.15, 0.2) is 53.7 Å². The normalized spacial score (nSPS) is 12.0. The Kier molecular flexibility index (Phi) is 3.51. The summed E-state index contributed by atoms with van der Waals surface area (Å²) < 4.78 is 0. The van der Waals surface area contributed by atoms with Crippen LogP contribution < -0.4 is 10.9 Å². The monoisotopic (exact) mass is 281 g/mol. The van der Waals surface area contributed by atoms with Gasteiger partial charge in [0.2, 0.25) is 0 Å². The summed E-state index contributed by atoms with van der Waals surface area (Å²) in [6.07, 6.45) is 5.08. The highest BCUT2D eigenvalue weighted by Gasteiger charge is 2.07. The zero-order chi connectivity index (χ0) is 14.7. The highest BCUT2D eigenvalue weighted by molar-refractivity contribution is 5.62. The van der Waals surface area contributed by atoms with Gasteiger partial charge in [-0.3, -0.25) is 25.0 Å². The van der Waals surface area contributed by atoms with E-state index in [1.165, 1.54) is 6.07 Å². The minimum Gasteiger partial charge on any atom is -0.377 e. The molecule has 6 heteroatoms. The van der Waals surface area contributed by atoms with E-state index in [-0.39, 0.29) is 11.6 Å². The fraction of sp³-hybridized carbons (Fsp3) is 0.133. The third-order valence-electron chi connectivity index (χ3n) is 3.20. The van der Waals surface area contributed by atoms with Gasteiger partial charge in [-0.15, -0.1) is 0 Å². The summed E-state index contributed by atoms with van der Waals surface area (Å²) in [6.45, 7) is 2.03. The summed E-state index contributed by atoms with van der Waals surface area (Å²) in [5.41, 5.74) is 3.45. The second-order valence-corrected chi connectivity index (χ2v) is 4.75. The van der Waals surface area contributed by atoms with Gasteiger partial charge in [0.1, 0.15) is 0 Å². The van der Waals surface area contributed by atoms with Crippen LogP contribution in [0, 0.1) is 0 Å². The molecule has 2 aromatic heterocycles. The van der Waals surface area contributed by atoms with Crippen molar-refractivity contribution in [2.24, 2.45) is 0 Å². The number of rotatable bonds is 4. The van der Waals surface area contributed by atoms with Crippen LogP contribution in [0.25, 0.3) is 11.3 Å². The van der Waals surface area contributed by atoms with E-state index in [1.54, 1.807) is 18.6 Å². The molecule has 0 saturated carbocycles. The van der Waals surface area contributed by atoms with Crippen LogP contribution in [-0.4, -0.2) is 20.2 Å². The molecule has 0 radical (unpaired) electrons. The van der Waals surface area contributed by atoms with Crippen molar-refractivity contribution >= 4 is 5.69 Å². The van der Waals surface area contributed by atoms with Crippen LogP contribution in [0.3, 0.4) is 0 Å². The van der Waals surface area contributed by atoms with Gasteiger partial charge in [0, 0.05) is 24.1 Å². The standard InChI is InChI=1S/C15H15N5O/c1-10(14-9-16-6-7-17-14)18-12-4-2-11(3-5-12)13-8-15(21)20-19-13/h2-10,18H,1H3,(H2,19,20,21). The molecule has 1 unspecified atom stereocenters. The number of nitrogens with one attached hydrogen (secondary N) is 3. The lowest BCUT2D eigenvalue weighted by Gasteiger charge is -2.14. The summed E-state index contributed by atoms with van der Waals surface area (Å²) in [6, 6.07) is 9.43. The van der Waals surface area contributed by atoms with E-state index < -0.39 is 0 Å². The highest BCUT2D eigenvalue weighted by Crippen LogP contribution is 2.21. The Morgan fingerprint density at radius 2 is 1.95 bits per heavy atom. The second-order valence-electron chi connectivity index (χ2n) is 4.75. The Morgan fingerprint density at radius 1 is 1.14 bits per heavy atom. The van der Waals surface area contributed by atoms with Gasteiger partial charge < -0.3 is 5.32 Å². The number of aromatic nitrogens is 4. The average molecular weight is 281 g/mol. The number of nitrogens with zero attached hydrogens (tertiary/aromatic N) is 2. The molecule has 0 fully saturated rings. The summed E-state index contributed by atoms with van der Waals surface area (Å²) in [4.78, 5) is 19.5. The van der Waals surface area contributed by atoms with Crippen LogP contribution in [0.2, 0.25) is 0 Å². The maximum atomic E-state index is 11.1. The number of H-pyrrole nitrogens is 2. The van der Waals surface area contributed by atoms with Crippen molar-refractivity contribution in [3.8, 4) is 11.3 Å². The van der Waals surface area contributed by atoms with Crippen molar-refractivity contribution in [2.75, 3.05) is 5.32 Å². The Hall–Kier alpha value is -2.89. The summed E-state index contributed by atoms with van der Waals surface area (Å²) in [5.74, 6) is 0. The van der Waals surface area contributed by atoms with Crippen molar-refractivity contribution in [2.45, 2.75) is 13.0 Å². The van der Waals surface area contributed by atoms with Gasteiger partial charge in [0.15, 0.2) is 0 Å². The number of anilines is 1. The van der Waals surface area contributed by atoms with E-state index in [1.807, 2.05) is 31.2 Å². The predicted molar refractivity (Wildman–Crippen MR) is 80.9 cm³/mol. The predicted octanol–water partition coefficient (Wildman–Crippen LogP) is 2.33. The van der Waals surface area contributed by atoms with Crippen LogP contribution in [0.1, 0.15) is 18.7 Å². The summed E-state index contributed by atoms with van der Waals surface area (Å²) >= 11 is 0. The number of aromatic amines is 2. The molecule has 2 heterocycles. The average Bonchev–Trinajstić information content (AvgIpc) is 2.95. The smallest absolute Gasteiger partial charge is 0.264 e. The molecule has 106 valence electrons. The molecule has 0 aliphatic rings. The van der Waals surface area contributed by atoms with E-state index in [0.717, 1.165) is 22.6 Å². The summed E-state index contributed by atoms with van der Waals surface area (Å²) in [5, 5.41) is 8.72. The van der Waals surface area contributed by atoms with Gasteiger partial charge in [-0.1, -0.05) is 12.1 Å². The summed E-state index contributed by atoms with van der Waals surface area (Å²) in [7, 11) is 0. The van der Waals surface area contributed by atoms with Gasteiger partial charge in [0.05, 0.1) is 23.6 Å². The zero-order valence-corrected chi connectivity index (χ0v) is 11.5. The Balaban J connectivity index is 1.74. The molecular weight excluding hydrogens is 266 g/mol. The van der Waals surface area contributed by atoms with Crippen LogP contribution in [0.4, 0.5) is 5.69 Å². The van der Waals surface area contributed by atoms with Crippen LogP contribution >= 0.6 is 0 Å². The molecular formula is C15H15N5O. The Morgan fingerprint density at radius 3 is 2.57 bits per heavy atom. The number of hydrogen-bond acceptors (Lipinski definition) is 4. The van der Waals surface area contributed by atoms with Gasteiger partial charge in [-0.25, -0.2) is 0 Å². The molecule has 0 bridgehead atoms. The van der Waals surface area contributed by atoms with E-state index in [9.17, 15) is 4.79 Å². The molecule has 6 nitrogen and oxygen atoms in total. The fourth-order valence-corrected chi connectivity index (χ4v) is 2.09. The molecule has 1 atom stereocenters. The molecule has 3 N–H and O–H groups in total. The van der Waals surface area contributed by atoms with Crippen LogP contribution in [0.5, 0.6) is 0 Å². The maximum Gasteiger partial charge on any atom is 0.264 e. The van der Waals surface area contributed by atoms with Crippen molar-refractivity contribution < 1.29 is 0 Å². The zero-order valence-electron chi connectivity index (χ0n) is 11.5. The number of benzene rings is 1. The van der Waals surface area contributed by atoms with Crippen molar-refractivity contribution in [1.29, 1.82) is 0 Å². The number of hydrogen-bond donors (Lipinski definition) is 3. The molecule has 0 amide bonds. The first-order chi connectivity index (χ1) is 10.2. The van der Waals surface area contributed by atoms with Gasteiger partial charge >= 0.3 is 0 Å². The minimum atomic E-state index is -0.136. The molecule has 0 spiro atoms. The topological polar surface area (TPSA) is 86.5 Å². The quantitative estimate of drug-likeness (QED) is 0.685. The van der Waals surface area contributed by atoms with E-state index >= 15 is 0 Å². The van der Waals surface area contributed by atoms with E-state index in [4.69, 9.17) is 0 Å². The lowest BCUT2D eigenvalue weighted by atomic mass is 10.1. The minimum absolute atomic E-state index is 0.0663. The molecule has 1 aromatic carbocycles. The maximum absolute atomic E-state index is 11.1. The lowest BCUT2D eigenvalue weighted by molar-refractivity contribution is 0.827. The van der Waals surface area contributed by atoms with E-state index in [2.05, 4.69) is 25.5 Å². The third-order valence-corrected chi connectivity index (χ3v) is 3.20. The lowest BCUT2D eigenvalue weighted by Crippen LogP contribution is -2.08. The first-order valence-corrected chi connectivity index (χ1v) is 6.63. The van der Waals surface area contributed by atoms with Crippen molar-refractivity contribution in [3.05, 3.63) is 65.0 Å². The van der Waals surface area contributed by atoms with Gasteiger partial charge in [0.25, 0.3) is 5.56 Å². The Bertz CT molecular complexity index is 761. The van der Waals surface area contributed by atoms with Crippen molar-refractivity contribution in [3.63, 3.8) is 0 Å². The van der Waals surface area contributed by atoms with Crippen molar-refractivity contribution in [1.82, 2.24) is 20.2 Å². The molecule has 0 saturated heterocycles. The molecule has 0 aliphatic heterocycles. The molecule has 21 heavy (non-hydrogen) atoms. The largest absolute Gasteiger partial charge is 0.377 e. The first-order valence-electron chi connectivity index (χ1n) is 6.63. The van der Waals surface area contributed by atoms with Crippen LogP contribution in [-0.2, 0) is 0 Å². The fourth-order valence-electron chi connectivity index (χ4n) is 2.09. The van der Waals surface area contributed by atoms with Gasteiger partial charge in [-0.2, -0.15) is 0 Å². The molecule has 3 aromatic rings. The molecule has 3 rings (SSSR count). The molecule has 0 aliphatic carbocycles.